The zero-order valence-electron chi connectivity index (χ0n) is 16.1. The molecule has 0 unspecified atom stereocenters. The zero-order valence-corrected chi connectivity index (χ0v) is 16.9. The second kappa shape index (κ2) is 8.41. The number of likely N-dealkylation sites (tertiary alicyclic amines) is 1. The van der Waals surface area contributed by atoms with Crippen molar-refractivity contribution in [2.45, 2.75) is 50.7 Å². The molecule has 3 heterocycles. The van der Waals surface area contributed by atoms with Gasteiger partial charge in [-0.15, -0.1) is 11.3 Å². The molecule has 6 nitrogen and oxygen atoms in total. The molecule has 2 amide bonds. The smallest absolute Gasteiger partial charge is 0.253 e. The van der Waals surface area contributed by atoms with Gasteiger partial charge in [0.1, 0.15) is 0 Å². The minimum Gasteiger partial charge on any atom is -0.348 e. The Labute approximate surface area is 169 Å². The van der Waals surface area contributed by atoms with Crippen LogP contribution in [0.1, 0.15) is 51.3 Å². The minimum absolute atomic E-state index is 0.0265. The van der Waals surface area contributed by atoms with E-state index >= 15 is 0 Å². The van der Waals surface area contributed by atoms with Gasteiger partial charge in [0.05, 0.1) is 5.56 Å². The maximum atomic E-state index is 12.5. The van der Waals surface area contributed by atoms with Crippen molar-refractivity contribution in [1.29, 1.82) is 0 Å². The third-order valence-electron chi connectivity index (χ3n) is 5.74. The van der Waals surface area contributed by atoms with Crippen molar-refractivity contribution in [1.82, 2.24) is 20.5 Å². The lowest BCUT2D eigenvalue weighted by molar-refractivity contribution is 0.0685. The Morgan fingerprint density at radius 1 is 1.07 bits per heavy atom. The Kier molecular flexibility index (Phi) is 5.73. The summed E-state index contributed by atoms with van der Waals surface area (Å²) in [6.07, 6.45) is 7.30. The highest BCUT2D eigenvalue weighted by Gasteiger charge is 2.35. The Bertz CT molecular complexity index is 830. The van der Waals surface area contributed by atoms with Gasteiger partial charge in [-0.1, -0.05) is 0 Å². The highest BCUT2D eigenvalue weighted by Crippen LogP contribution is 2.24. The number of hydrogen-bond acceptors (Lipinski definition) is 5. The van der Waals surface area contributed by atoms with E-state index in [-0.39, 0.29) is 17.9 Å². The van der Waals surface area contributed by atoms with Crippen molar-refractivity contribution in [2.24, 2.45) is 0 Å². The van der Waals surface area contributed by atoms with Crippen LogP contribution in [0.5, 0.6) is 0 Å². The maximum Gasteiger partial charge on any atom is 0.253 e. The van der Waals surface area contributed by atoms with Crippen LogP contribution in [-0.2, 0) is 0 Å². The highest BCUT2D eigenvalue weighted by atomic mass is 32.1. The monoisotopic (exact) mass is 398 g/mol. The fourth-order valence-electron chi connectivity index (χ4n) is 3.92. The lowest BCUT2D eigenvalue weighted by atomic mass is 9.84. The molecule has 1 aliphatic carbocycles. The van der Waals surface area contributed by atoms with Gasteiger partial charge in [0.25, 0.3) is 11.8 Å². The summed E-state index contributed by atoms with van der Waals surface area (Å²) in [5.41, 5.74) is 1.46. The molecule has 2 fully saturated rings. The summed E-state index contributed by atoms with van der Waals surface area (Å²) in [6, 6.07) is 6.40. The van der Waals surface area contributed by atoms with Crippen molar-refractivity contribution in [3.63, 3.8) is 0 Å². The molecule has 2 aromatic heterocycles. The number of pyridine rings is 1. The number of carbonyl (C=O) groups excluding carboxylic acids is 2. The number of thiophene rings is 1. The van der Waals surface area contributed by atoms with Crippen LogP contribution in [0.3, 0.4) is 0 Å². The minimum atomic E-state index is 0.0265. The van der Waals surface area contributed by atoms with E-state index in [0.717, 1.165) is 49.2 Å². The third kappa shape index (κ3) is 4.25. The van der Waals surface area contributed by atoms with Crippen molar-refractivity contribution in [3.05, 3.63) is 52.0 Å². The molecule has 0 bridgehead atoms. The topological polar surface area (TPSA) is 74.3 Å². The first-order valence-corrected chi connectivity index (χ1v) is 10.8. The number of carbonyl (C=O) groups is 2. The predicted octanol–water partition coefficient (Wildman–Crippen LogP) is 2.61. The van der Waals surface area contributed by atoms with Crippen LogP contribution in [0.15, 0.2) is 36.0 Å². The molecule has 2 aromatic rings. The lowest BCUT2D eigenvalue weighted by Crippen LogP contribution is -2.60. The number of hydrogen-bond donors (Lipinski definition) is 2. The van der Waals surface area contributed by atoms with Gasteiger partial charge in [-0.3, -0.25) is 14.6 Å². The summed E-state index contributed by atoms with van der Waals surface area (Å²) in [6.45, 7) is 3.54. The molecule has 148 valence electrons. The van der Waals surface area contributed by atoms with E-state index < -0.39 is 0 Å². The molecule has 0 aromatic carbocycles. The van der Waals surface area contributed by atoms with Crippen LogP contribution in [0.2, 0.25) is 0 Å². The fourth-order valence-corrected chi connectivity index (χ4v) is 4.60. The van der Waals surface area contributed by atoms with Crippen molar-refractivity contribution < 1.29 is 9.59 Å². The summed E-state index contributed by atoms with van der Waals surface area (Å²) >= 11 is 1.60. The molecule has 7 heteroatoms. The van der Waals surface area contributed by atoms with Crippen LogP contribution in [-0.4, -0.2) is 52.9 Å². The zero-order chi connectivity index (χ0) is 19.5. The van der Waals surface area contributed by atoms with E-state index in [1.54, 1.807) is 35.9 Å². The molecule has 2 aliphatic rings. The normalized spacial score (nSPS) is 22.5. The molecular formula is C21H26N4O2S. The number of rotatable bonds is 5. The second-order valence-electron chi connectivity index (χ2n) is 7.68. The predicted molar refractivity (Wildman–Crippen MR) is 110 cm³/mol. The third-order valence-corrected chi connectivity index (χ3v) is 6.60. The van der Waals surface area contributed by atoms with E-state index in [1.165, 1.54) is 0 Å². The van der Waals surface area contributed by atoms with Gasteiger partial charge in [-0.05, 0) is 50.8 Å². The van der Waals surface area contributed by atoms with E-state index in [9.17, 15) is 9.59 Å². The van der Waals surface area contributed by atoms with Gasteiger partial charge in [0.2, 0.25) is 0 Å². The first-order valence-electron chi connectivity index (χ1n) is 9.91. The summed E-state index contributed by atoms with van der Waals surface area (Å²) < 4.78 is 0. The number of nitrogens with one attached hydrogen (secondary N) is 2. The molecule has 2 atom stereocenters. The molecule has 1 aliphatic heterocycles. The van der Waals surface area contributed by atoms with Crippen molar-refractivity contribution in [2.75, 3.05) is 13.1 Å². The van der Waals surface area contributed by atoms with Gasteiger partial charge >= 0.3 is 0 Å². The molecule has 1 saturated heterocycles. The number of nitrogens with zero attached hydrogens (tertiary/aromatic N) is 2. The SMILES string of the molecule is Cc1cc(C(=O)N[C@H]2CC[C@H]2NC2CCN(C(=O)c3ccncc3)CC2)cs1. The number of piperidine rings is 1. The van der Waals surface area contributed by atoms with E-state index in [0.29, 0.717) is 17.6 Å². The quantitative estimate of drug-likeness (QED) is 0.812. The van der Waals surface area contributed by atoms with Crippen LogP contribution < -0.4 is 10.6 Å². The average Bonchev–Trinajstić information content (AvgIpc) is 3.16. The molecule has 0 radical (unpaired) electrons. The summed E-state index contributed by atoms with van der Waals surface area (Å²) in [5.74, 6) is 0.110. The van der Waals surface area contributed by atoms with Gasteiger partial charge in [-0.2, -0.15) is 0 Å². The lowest BCUT2D eigenvalue weighted by Gasteiger charge is -2.42. The molecule has 4 rings (SSSR count). The number of amides is 2. The van der Waals surface area contributed by atoms with Crippen LogP contribution in [0.25, 0.3) is 0 Å². The fraction of sp³-hybridized carbons (Fsp3) is 0.476. The summed E-state index contributed by atoms with van der Waals surface area (Å²) in [5, 5.41) is 8.79. The Balaban J connectivity index is 1.24. The summed E-state index contributed by atoms with van der Waals surface area (Å²) in [4.78, 5) is 32.0. The summed E-state index contributed by atoms with van der Waals surface area (Å²) in [7, 11) is 0. The van der Waals surface area contributed by atoms with Gasteiger partial charge in [0, 0.05) is 59.4 Å². The van der Waals surface area contributed by atoms with Crippen molar-refractivity contribution in [3.8, 4) is 0 Å². The molecule has 28 heavy (non-hydrogen) atoms. The van der Waals surface area contributed by atoms with Gasteiger partial charge in [-0.25, -0.2) is 0 Å². The first-order chi connectivity index (χ1) is 13.6. The van der Waals surface area contributed by atoms with Crippen LogP contribution in [0.4, 0.5) is 0 Å². The molecule has 2 N–H and O–H groups in total. The van der Waals surface area contributed by atoms with Crippen molar-refractivity contribution >= 4 is 23.2 Å². The standard InChI is InChI=1S/C21H26N4O2S/c1-14-12-16(13-28-14)20(26)24-19-3-2-18(19)23-17-6-10-25(11-7-17)21(27)15-4-8-22-9-5-15/h4-5,8-9,12-13,17-19,23H,2-3,6-7,10-11H2,1H3,(H,24,26)/t18-,19+/m1/s1. The van der Waals surface area contributed by atoms with Crippen LogP contribution >= 0.6 is 11.3 Å². The van der Waals surface area contributed by atoms with Gasteiger partial charge in [0.15, 0.2) is 0 Å². The van der Waals surface area contributed by atoms with Crippen LogP contribution in [0, 0.1) is 6.92 Å². The van der Waals surface area contributed by atoms with E-state index in [2.05, 4.69) is 15.6 Å². The average molecular weight is 399 g/mol. The second-order valence-corrected chi connectivity index (χ2v) is 8.79. The molecular weight excluding hydrogens is 372 g/mol. The Hall–Kier alpha value is -2.25. The molecule has 1 saturated carbocycles. The number of aromatic nitrogens is 1. The Morgan fingerprint density at radius 3 is 2.39 bits per heavy atom. The molecule has 0 spiro atoms. The van der Waals surface area contributed by atoms with E-state index in [4.69, 9.17) is 0 Å². The van der Waals surface area contributed by atoms with E-state index in [1.807, 2.05) is 23.3 Å². The maximum absolute atomic E-state index is 12.5. The Morgan fingerprint density at radius 2 is 1.79 bits per heavy atom. The largest absolute Gasteiger partial charge is 0.348 e. The first kappa shape index (κ1) is 19.1. The highest BCUT2D eigenvalue weighted by molar-refractivity contribution is 7.10. The number of aryl methyl sites for hydroxylation is 1. The van der Waals surface area contributed by atoms with Gasteiger partial charge < -0.3 is 15.5 Å².